The highest BCUT2D eigenvalue weighted by Gasteiger charge is 2.04. The number of nitrogens with zero attached hydrogens (tertiary/aromatic N) is 1. The number of rotatable bonds is 5. The predicted molar refractivity (Wildman–Crippen MR) is 69.0 cm³/mol. The molecule has 0 aliphatic rings. The number of benzene rings is 1. The second-order valence-electron chi connectivity index (χ2n) is 3.53. The van der Waals surface area contributed by atoms with Crippen molar-refractivity contribution in [1.82, 2.24) is 9.97 Å². The van der Waals surface area contributed by atoms with E-state index in [0.29, 0.717) is 6.54 Å². The molecule has 0 saturated heterocycles. The lowest BCUT2D eigenvalue weighted by molar-refractivity contribution is 0.409. The Balaban J connectivity index is 2.06. The van der Waals surface area contributed by atoms with E-state index in [4.69, 9.17) is 10.5 Å². The van der Waals surface area contributed by atoms with Crippen molar-refractivity contribution in [2.24, 2.45) is 5.73 Å². The van der Waals surface area contributed by atoms with Gasteiger partial charge in [0, 0.05) is 30.3 Å². The molecule has 0 radical (unpaired) electrons. The topological polar surface area (TPSA) is 63.9 Å². The van der Waals surface area contributed by atoms with E-state index in [2.05, 4.69) is 16.0 Å². The smallest absolute Gasteiger partial charge is 0.165 e. The summed E-state index contributed by atoms with van der Waals surface area (Å²) in [6.45, 7) is 0.489. The molecule has 0 fully saturated rings. The molecule has 2 aromatic rings. The molecule has 0 bridgehead atoms. The molecule has 17 heavy (non-hydrogen) atoms. The van der Waals surface area contributed by atoms with Crippen molar-refractivity contribution in [3.63, 3.8) is 0 Å². The Bertz CT molecular complexity index is 471. The molecule has 1 heterocycles. The lowest BCUT2D eigenvalue weighted by atomic mass is 10.1. The minimum Gasteiger partial charge on any atom is -0.496 e. The minimum atomic E-state index is 0.489. The van der Waals surface area contributed by atoms with E-state index in [1.807, 2.05) is 18.3 Å². The first-order valence-corrected chi connectivity index (χ1v) is 6.30. The summed E-state index contributed by atoms with van der Waals surface area (Å²) in [4.78, 5) is 7.23. The van der Waals surface area contributed by atoms with Gasteiger partial charge in [0.2, 0.25) is 0 Å². The summed E-state index contributed by atoms with van der Waals surface area (Å²) in [7, 11) is 1.66. The monoisotopic (exact) mass is 249 g/mol. The lowest BCUT2D eigenvalue weighted by Crippen LogP contribution is -2.00. The van der Waals surface area contributed by atoms with Crippen LogP contribution in [0.15, 0.2) is 35.7 Å². The third kappa shape index (κ3) is 3.01. The average molecular weight is 249 g/mol. The van der Waals surface area contributed by atoms with E-state index in [1.54, 1.807) is 25.1 Å². The average Bonchev–Trinajstić information content (AvgIpc) is 2.89. The first kappa shape index (κ1) is 12.0. The second-order valence-corrected chi connectivity index (χ2v) is 4.50. The highest BCUT2D eigenvalue weighted by Crippen LogP contribution is 2.24. The molecular weight excluding hydrogens is 234 g/mol. The fourth-order valence-corrected chi connectivity index (χ4v) is 2.33. The predicted octanol–water partition coefficient (Wildman–Crippen LogP) is 2.17. The Labute approximate surface area is 105 Å². The van der Waals surface area contributed by atoms with E-state index in [0.717, 1.165) is 22.2 Å². The van der Waals surface area contributed by atoms with E-state index in [-0.39, 0.29) is 0 Å². The maximum atomic E-state index is 5.68. The van der Waals surface area contributed by atoms with Crippen LogP contribution in [-0.2, 0) is 12.3 Å². The first-order valence-electron chi connectivity index (χ1n) is 5.31. The van der Waals surface area contributed by atoms with Gasteiger partial charge in [-0.05, 0) is 17.7 Å². The molecule has 2 rings (SSSR count). The molecule has 4 nitrogen and oxygen atoms in total. The molecule has 5 heteroatoms. The number of thioether (sulfide) groups is 1. The summed E-state index contributed by atoms with van der Waals surface area (Å²) in [5, 5.41) is 0.926. The van der Waals surface area contributed by atoms with Crippen molar-refractivity contribution < 1.29 is 4.74 Å². The Kier molecular flexibility index (Phi) is 4.06. The van der Waals surface area contributed by atoms with Gasteiger partial charge in [0.05, 0.1) is 7.11 Å². The van der Waals surface area contributed by atoms with Crippen LogP contribution in [0.2, 0.25) is 0 Å². The number of methoxy groups -OCH3 is 1. The van der Waals surface area contributed by atoms with Crippen LogP contribution in [0.1, 0.15) is 11.1 Å². The Morgan fingerprint density at radius 2 is 2.35 bits per heavy atom. The van der Waals surface area contributed by atoms with E-state index in [1.165, 1.54) is 5.56 Å². The minimum absolute atomic E-state index is 0.489. The highest BCUT2D eigenvalue weighted by atomic mass is 32.2. The van der Waals surface area contributed by atoms with Crippen LogP contribution in [0, 0.1) is 0 Å². The van der Waals surface area contributed by atoms with Crippen LogP contribution < -0.4 is 10.5 Å². The Hall–Kier alpha value is -1.46. The van der Waals surface area contributed by atoms with Crippen LogP contribution in [0.5, 0.6) is 5.75 Å². The van der Waals surface area contributed by atoms with Crippen molar-refractivity contribution in [2.75, 3.05) is 7.11 Å². The molecule has 0 atom stereocenters. The van der Waals surface area contributed by atoms with Crippen molar-refractivity contribution in [1.29, 1.82) is 0 Å². The fourth-order valence-electron chi connectivity index (χ4n) is 1.56. The molecule has 0 aliphatic carbocycles. The normalized spacial score (nSPS) is 10.5. The summed E-state index contributed by atoms with van der Waals surface area (Å²) < 4.78 is 5.24. The van der Waals surface area contributed by atoms with E-state index >= 15 is 0 Å². The number of H-pyrrole nitrogens is 1. The van der Waals surface area contributed by atoms with Crippen LogP contribution >= 0.6 is 11.8 Å². The number of nitrogens with two attached hydrogens (primary N) is 1. The second kappa shape index (κ2) is 5.75. The summed E-state index contributed by atoms with van der Waals surface area (Å²) in [6.07, 6.45) is 3.57. The molecule has 0 unspecified atom stereocenters. The van der Waals surface area contributed by atoms with Crippen molar-refractivity contribution in [2.45, 2.75) is 17.5 Å². The zero-order valence-corrected chi connectivity index (χ0v) is 10.5. The highest BCUT2D eigenvalue weighted by molar-refractivity contribution is 7.98. The molecule has 1 aromatic carbocycles. The van der Waals surface area contributed by atoms with Crippen LogP contribution in [0.4, 0.5) is 0 Å². The van der Waals surface area contributed by atoms with E-state index in [9.17, 15) is 0 Å². The van der Waals surface area contributed by atoms with Crippen molar-refractivity contribution in [3.05, 3.63) is 41.7 Å². The zero-order valence-electron chi connectivity index (χ0n) is 9.64. The third-order valence-electron chi connectivity index (χ3n) is 2.41. The third-order valence-corrected chi connectivity index (χ3v) is 3.39. The van der Waals surface area contributed by atoms with Gasteiger partial charge in [-0.1, -0.05) is 17.8 Å². The standard InChI is InChI=1S/C12H15N3OS/c1-16-11-3-2-9(6-10(11)7-13)8-17-12-14-4-5-15-12/h2-6H,7-8,13H2,1H3,(H,14,15). The summed E-state index contributed by atoms with van der Waals surface area (Å²) in [5.41, 5.74) is 7.93. The number of aromatic amines is 1. The number of nitrogens with one attached hydrogen (secondary N) is 1. The lowest BCUT2D eigenvalue weighted by Gasteiger charge is -2.08. The molecule has 0 amide bonds. The van der Waals surface area contributed by atoms with Gasteiger partial charge in [0.1, 0.15) is 5.75 Å². The number of ether oxygens (including phenoxy) is 1. The summed E-state index contributed by atoms with van der Waals surface area (Å²) in [5.74, 6) is 1.71. The molecule has 0 saturated carbocycles. The van der Waals surface area contributed by atoms with Crippen LogP contribution in [0.3, 0.4) is 0 Å². The largest absolute Gasteiger partial charge is 0.496 e. The summed E-state index contributed by atoms with van der Waals surface area (Å²) >= 11 is 1.66. The van der Waals surface area contributed by atoms with Gasteiger partial charge in [-0.15, -0.1) is 0 Å². The van der Waals surface area contributed by atoms with Gasteiger partial charge in [-0.2, -0.15) is 0 Å². The molecule has 0 spiro atoms. The Morgan fingerprint density at radius 3 is 3.00 bits per heavy atom. The van der Waals surface area contributed by atoms with Gasteiger partial charge < -0.3 is 15.5 Å². The maximum Gasteiger partial charge on any atom is 0.165 e. The maximum absolute atomic E-state index is 5.68. The van der Waals surface area contributed by atoms with Gasteiger partial charge >= 0.3 is 0 Å². The van der Waals surface area contributed by atoms with Crippen LogP contribution in [0.25, 0.3) is 0 Å². The Morgan fingerprint density at radius 1 is 1.47 bits per heavy atom. The SMILES string of the molecule is COc1ccc(CSc2ncc[nH]2)cc1CN. The van der Waals surface area contributed by atoms with Gasteiger partial charge in [0.15, 0.2) is 5.16 Å². The van der Waals surface area contributed by atoms with Gasteiger partial charge in [-0.25, -0.2) is 4.98 Å². The number of hydrogen-bond acceptors (Lipinski definition) is 4. The van der Waals surface area contributed by atoms with Crippen molar-refractivity contribution >= 4 is 11.8 Å². The number of hydrogen-bond donors (Lipinski definition) is 2. The zero-order chi connectivity index (χ0) is 12.1. The van der Waals surface area contributed by atoms with E-state index < -0.39 is 0 Å². The van der Waals surface area contributed by atoms with Gasteiger partial charge in [-0.3, -0.25) is 0 Å². The quantitative estimate of drug-likeness (QED) is 0.797. The van der Waals surface area contributed by atoms with Crippen molar-refractivity contribution in [3.8, 4) is 5.75 Å². The number of aromatic nitrogens is 2. The summed E-state index contributed by atoms with van der Waals surface area (Å²) in [6, 6.07) is 6.09. The molecule has 3 N–H and O–H groups in total. The molecule has 90 valence electrons. The van der Waals surface area contributed by atoms with Crippen LogP contribution in [-0.4, -0.2) is 17.1 Å². The first-order chi connectivity index (χ1) is 8.33. The van der Waals surface area contributed by atoms with Gasteiger partial charge in [0.25, 0.3) is 0 Å². The molecular formula is C12H15N3OS. The fraction of sp³-hybridized carbons (Fsp3) is 0.250. The molecule has 1 aromatic heterocycles. The number of imidazole rings is 1. The molecule has 0 aliphatic heterocycles.